The van der Waals surface area contributed by atoms with Crippen LogP contribution in [0, 0.1) is 5.92 Å². The van der Waals surface area contributed by atoms with Gasteiger partial charge in [-0.05, 0) is 24.6 Å². The lowest BCUT2D eigenvalue weighted by atomic mass is 10.0. The number of pyridine rings is 1. The zero-order chi connectivity index (χ0) is 17.8. The lowest BCUT2D eigenvalue weighted by Gasteiger charge is -2.23. The standard InChI is InChI=1S/C20H20N4O2/c25-20(19-6-5-16-3-1-2-4-18(16)23-19)24-9-10-26-13-15(12-24)11-17-7-8-21-14-22-17/h1-8,14-15H,9-13H2. The molecule has 1 aliphatic rings. The summed E-state index contributed by atoms with van der Waals surface area (Å²) in [6.45, 7) is 2.38. The molecule has 6 heteroatoms. The first-order chi connectivity index (χ1) is 12.8. The summed E-state index contributed by atoms with van der Waals surface area (Å²) in [6.07, 6.45) is 4.05. The van der Waals surface area contributed by atoms with Crippen LogP contribution >= 0.6 is 0 Å². The summed E-state index contributed by atoms with van der Waals surface area (Å²) in [5, 5.41) is 1.03. The topological polar surface area (TPSA) is 68.2 Å². The summed E-state index contributed by atoms with van der Waals surface area (Å²) in [4.78, 5) is 27.6. The first-order valence-electron chi connectivity index (χ1n) is 8.77. The molecule has 1 aromatic carbocycles. The Bertz CT molecular complexity index is 900. The molecule has 2 aromatic heterocycles. The molecule has 0 bridgehead atoms. The monoisotopic (exact) mass is 348 g/mol. The Morgan fingerprint density at radius 1 is 1.19 bits per heavy atom. The maximum Gasteiger partial charge on any atom is 0.272 e. The van der Waals surface area contributed by atoms with Gasteiger partial charge in [0.15, 0.2) is 0 Å². The zero-order valence-electron chi connectivity index (χ0n) is 14.4. The van der Waals surface area contributed by atoms with E-state index in [2.05, 4.69) is 15.0 Å². The highest BCUT2D eigenvalue weighted by atomic mass is 16.5. The van der Waals surface area contributed by atoms with Crippen molar-refractivity contribution in [1.82, 2.24) is 19.9 Å². The van der Waals surface area contributed by atoms with Crippen LogP contribution < -0.4 is 0 Å². The molecule has 0 N–H and O–H groups in total. The van der Waals surface area contributed by atoms with Crippen molar-refractivity contribution < 1.29 is 9.53 Å². The normalized spacial score (nSPS) is 17.8. The Hall–Kier alpha value is -2.86. The number of fused-ring (bicyclic) bond motifs is 1. The minimum Gasteiger partial charge on any atom is -0.379 e. The van der Waals surface area contributed by atoms with Crippen LogP contribution in [0.4, 0.5) is 0 Å². The van der Waals surface area contributed by atoms with Crippen molar-refractivity contribution in [3.05, 3.63) is 66.4 Å². The van der Waals surface area contributed by atoms with Crippen molar-refractivity contribution in [2.45, 2.75) is 6.42 Å². The van der Waals surface area contributed by atoms with E-state index in [1.54, 1.807) is 18.6 Å². The maximum atomic E-state index is 13.0. The van der Waals surface area contributed by atoms with Gasteiger partial charge in [0, 0.05) is 36.3 Å². The van der Waals surface area contributed by atoms with Gasteiger partial charge in [-0.2, -0.15) is 0 Å². The fourth-order valence-electron chi connectivity index (χ4n) is 3.27. The summed E-state index contributed by atoms with van der Waals surface area (Å²) in [7, 11) is 0. The fourth-order valence-corrected chi connectivity index (χ4v) is 3.27. The van der Waals surface area contributed by atoms with Gasteiger partial charge < -0.3 is 9.64 Å². The number of hydrogen-bond acceptors (Lipinski definition) is 5. The van der Waals surface area contributed by atoms with E-state index < -0.39 is 0 Å². The summed E-state index contributed by atoms with van der Waals surface area (Å²) < 4.78 is 5.71. The Morgan fingerprint density at radius 2 is 2.12 bits per heavy atom. The van der Waals surface area contributed by atoms with E-state index in [9.17, 15) is 4.79 Å². The quantitative estimate of drug-likeness (QED) is 0.727. The van der Waals surface area contributed by atoms with Crippen molar-refractivity contribution in [2.24, 2.45) is 5.92 Å². The zero-order valence-corrected chi connectivity index (χ0v) is 14.4. The second kappa shape index (κ2) is 7.58. The molecule has 3 heterocycles. The molecule has 0 saturated carbocycles. The number of nitrogens with zero attached hydrogens (tertiary/aromatic N) is 4. The van der Waals surface area contributed by atoms with Crippen LogP contribution in [-0.2, 0) is 11.2 Å². The first-order valence-corrected chi connectivity index (χ1v) is 8.77. The molecular weight excluding hydrogens is 328 g/mol. The van der Waals surface area contributed by atoms with Gasteiger partial charge >= 0.3 is 0 Å². The van der Waals surface area contributed by atoms with Crippen molar-refractivity contribution in [3.8, 4) is 0 Å². The summed E-state index contributed by atoms with van der Waals surface area (Å²) in [6, 6.07) is 13.5. The van der Waals surface area contributed by atoms with E-state index in [-0.39, 0.29) is 11.8 Å². The number of carbonyl (C=O) groups excluding carboxylic acids is 1. The molecular formula is C20H20N4O2. The van der Waals surface area contributed by atoms with Crippen molar-refractivity contribution >= 4 is 16.8 Å². The highest BCUT2D eigenvalue weighted by Crippen LogP contribution is 2.17. The van der Waals surface area contributed by atoms with E-state index in [0.717, 1.165) is 23.0 Å². The Labute approximate surface area is 151 Å². The van der Waals surface area contributed by atoms with Gasteiger partial charge in [-0.1, -0.05) is 24.3 Å². The highest BCUT2D eigenvalue weighted by Gasteiger charge is 2.24. The SMILES string of the molecule is O=C(c1ccc2ccccc2n1)N1CCOCC(Cc2ccncn2)C1. The predicted molar refractivity (Wildman–Crippen MR) is 97.7 cm³/mol. The Kier molecular flexibility index (Phi) is 4.84. The summed E-state index contributed by atoms with van der Waals surface area (Å²) in [5.74, 6) is 0.158. The number of para-hydroxylation sites is 1. The van der Waals surface area contributed by atoms with E-state index in [1.807, 2.05) is 41.3 Å². The van der Waals surface area contributed by atoms with Crippen molar-refractivity contribution in [2.75, 3.05) is 26.3 Å². The van der Waals surface area contributed by atoms with Gasteiger partial charge in [-0.3, -0.25) is 4.79 Å². The second-order valence-electron chi connectivity index (χ2n) is 6.49. The summed E-state index contributed by atoms with van der Waals surface area (Å²) >= 11 is 0. The minimum atomic E-state index is -0.0473. The van der Waals surface area contributed by atoms with Crippen LogP contribution in [0.15, 0.2) is 55.0 Å². The van der Waals surface area contributed by atoms with Gasteiger partial charge in [-0.25, -0.2) is 15.0 Å². The third-order valence-electron chi connectivity index (χ3n) is 4.58. The number of carbonyl (C=O) groups is 1. The molecule has 1 saturated heterocycles. The van der Waals surface area contributed by atoms with Crippen LogP contribution in [0.2, 0.25) is 0 Å². The van der Waals surface area contributed by atoms with Gasteiger partial charge in [0.25, 0.3) is 5.91 Å². The van der Waals surface area contributed by atoms with Crippen LogP contribution in [0.5, 0.6) is 0 Å². The molecule has 1 aliphatic heterocycles. The van der Waals surface area contributed by atoms with Crippen molar-refractivity contribution in [1.29, 1.82) is 0 Å². The molecule has 1 atom stereocenters. The number of ether oxygens (including phenoxy) is 1. The molecule has 1 fully saturated rings. The summed E-state index contributed by atoms with van der Waals surface area (Å²) in [5.41, 5.74) is 2.28. The molecule has 6 nitrogen and oxygen atoms in total. The second-order valence-corrected chi connectivity index (χ2v) is 6.49. The molecule has 1 unspecified atom stereocenters. The molecule has 0 spiro atoms. The Morgan fingerprint density at radius 3 is 3.00 bits per heavy atom. The van der Waals surface area contributed by atoms with Gasteiger partial charge in [0.1, 0.15) is 12.0 Å². The number of benzene rings is 1. The van der Waals surface area contributed by atoms with E-state index in [1.165, 1.54) is 0 Å². The van der Waals surface area contributed by atoms with Crippen molar-refractivity contribution in [3.63, 3.8) is 0 Å². The average molecular weight is 348 g/mol. The molecule has 26 heavy (non-hydrogen) atoms. The molecule has 132 valence electrons. The third kappa shape index (κ3) is 3.70. The maximum absolute atomic E-state index is 13.0. The van der Waals surface area contributed by atoms with Gasteiger partial charge in [-0.15, -0.1) is 0 Å². The first kappa shape index (κ1) is 16.6. The third-order valence-corrected chi connectivity index (χ3v) is 4.58. The minimum absolute atomic E-state index is 0.0473. The van der Waals surface area contributed by atoms with E-state index in [0.29, 0.717) is 32.0 Å². The van der Waals surface area contributed by atoms with E-state index in [4.69, 9.17) is 4.74 Å². The molecule has 3 aromatic rings. The molecule has 1 amide bonds. The van der Waals surface area contributed by atoms with Crippen LogP contribution in [-0.4, -0.2) is 52.1 Å². The predicted octanol–water partition coefficient (Wildman–Crippen LogP) is 2.36. The fraction of sp³-hybridized carbons (Fsp3) is 0.300. The lowest BCUT2D eigenvalue weighted by molar-refractivity contribution is 0.0732. The number of aromatic nitrogens is 3. The highest BCUT2D eigenvalue weighted by molar-refractivity contribution is 5.94. The molecule has 4 rings (SSSR count). The smallest absolute Gasteiger partial charge is 0.272 e. The largest absolute Gasteiger partial charge is 0.379 e. The van der Waals surface area contributed by atoms with Crippen LogP contribution in [0.1, 0.15) is 16.2 Å². The lowest BCUT2D eigenvalue weighted by Crippen LogP contribution is -2.37. The average Bonchev–Trinajstić information content (AvgIpc) is 2.93. The van der Waals surface area contributed by atoms with E-state index >= 15 is 0 Å². The number of amides is 1. The van der Waals surface area contributed by atoms with Crippen LogP contribution in [0.25, 0.3) is 10.9 Å². The van der Waals surface area contributed by atoms with Gasteiger partial charge in [0.2, 0.25) is 0 Å². The number of rotatable bonds is 3. The van der Waals surface area contributed by atoms with Crippen LogP contribution in [0.3, 0.4) is 0 Å². The Balaban J connectivity index is 1.51. The number of hydrogen-bond donors (Lipinski definition) is 0. The molecule has 0 radical (unpaired) electrons. The van der Waals surface area contributed by atoms with Gasteiger partial charge in [0.05, 0.1) is 18.7 Å². The molecule has 0 aliphatic carbocycles.